The van der Waals surface area contributed by atoms with Crippen molar-refractivity contribution >= 4 is 5.91 Å². The van der Waals surface area contributed by atoms with Crippen molar-refractivity contribution in [2.24, 2.45) is 0 Å². The molecule has 1 N–H and O–H groups in total. The molecular formula is C14H17N3O. The zero-order chi connectivity index (χ0) is 13.0. The van der Waals surface area contributed by atoms with Crippen LogP contribution < -0.4 is 5.32 Å². The topological polar surface area (TPSA) is 56.1 Å². The molecule has 0 radical (unpaired) electrons. The van der Waals surface area contributed by atoms with E-state index in [0.717, 1.165) is 25.9 Å². The highest BCUT2D eigenvalue weighted by Crippen LogP contribution is 2.20. The fourth-order valence-corrected chi connectivity index (χ4v) is 2.44. The molecule has 1 atom stereocenters. The number of hydrogen-bond acceptors (Lipinski definition) is 3. The second-order valence-corrected chi connectivity index (χ2v) is 4.54. The Hall–Kier alpha value is -1.86. The van der Waals surface area contributed by atoms with Gasteiger partial charge < -0.3 is 10.2 Å². The maximum absolute atomic E-state index is 12.4. The van der Waals surface area contributed by atoms with Gasteiger partial charge in [-0.1, -0.05) is 6.07 Å². The van der Waals surface area contributed by atoms with Crippen LogP contribution in [-0.4, -0.2) is 37.0 Å². The Kier molecular flexibility index (Phi) is 3.96. The standard InChI is InChI=1S/C14H17N3O/c1-16-10-13-6-3-7-17(13)14(18)12-5-2-4-11(8-12)9-15/h2,4-5,8,13,16H,3,6-7,10H2,1H3. The smallest absolute Gasteiger partial charge is 0.254 e. The van der Waals surface area contributed by atoms with Gasteiger partial charge in [-0.3, -0.25) is 4.79 Å². The molecule has 18 heavy (non-hydrogen) atoms. The molecule has 1 unspecified atom stereocenters. The molecule has 1 saturated heterocycles. The van der Waals surface area contributed by atoms with Crippen LogP contribution in [0.4, 0.5) is 0 Å². The number of likely N-dealkylation sites (N-methyl/N-ethyl adjacent to an activating group) is 1. The van der Waals surface area contributed by atoms with Crippen molar-refractivity contribution in [2.45, 2.75) is 18.9 Å². The van der Waals surface area contributed by atoms with Gasteiger partial charge >= 0.3 is 0 Å². The number of hydrogen-bond donors (Lipinski definition) is 1. The van der Waals surface area contributed by atoms with E-state index in [1.54, 1.807) is 24.3 Å². The molecule has 1 aliphatic heterocycles. The van der Waals surface area contributed by atoms with E-state index in [-0.39, 0.29) is 11.9 Å². The quantitative estimate of drug-likeness (QED) is 0.872. The summed E-state index contributed by atoms with van der Waals surface area (Å²) in [5.74, 6) is 0.0323. The molecule has 1 aromatic rings. The molecule has 4 heteroatoms. The van der Waals surface area contributed by atoms with E-state index in [1.165, 1.54) is 0 Å². The van der Waals surface area contributed by atoms with Crippen LogP contribution >= 0.6 is 0 Å². The minimum absolute atomic E-state index is 0.0323. The van der Waals surface area contributed by atoms with Crippen molar-refractivity contribution in [3.05, 3.63) is 35.4 Å². The first-order valence-corrected chi connectivity index (χ1v) is 6.22. The van der Waals surface area contributed by atoms with Crippen LogP contribution in [0.5, 0.6) is 0 Å². The lowest BCUT2D eigenvalue weighted by Gasteiger charge is -2.24. The molecule has 1 fully saturated rings. The molecule has 4 nitrogen and oxygen atoms in total. The highest BCUT2D eigenvalue weighted by molar-refractivity contribution is 5.95. The molecule has 1 amide bonds. The summed E-state index contributed by atoms with van der Waals surface area (Å²) in [6.45, 7) is 1.63. The summed E-state index contributed by atoms with van der Waals surface area (Å²) in [4.78, 5) is 14.3. The van der Waals surface area contributed by atoms with Crippen molar-refractivity contribution in [3.8, 4) is 6.07 Å². The minimum Gasteiger partial charge on any atom is -0.334 e. The first-order valence-electron chi connectivity index (χ1n) is 6.22. The van der Waals surface area contributed by atoms with Gasteiger partial charge in [0, 0.05) is 24.7 Å². The predicted octanol–water partition coefficient (Wildman–Crippen LogP) is 1.38. The molecule has 0 bridgehead atoms. The Morgan fingerprint density at radius 3 is 3.17 bits per heavy atom. The molecule has 1 heterocycles. The normalized spacial score (nSPS) is 18.7. The van der Waals surface area contributed by atoms with Gasteiger partial charge in [0.15, 0.2) is 0 Å². The summed E-state index contributed by atoms with van der Waals surface area (Å²) in [6.07, 6.45) is 2.10. The number of nitrogens with one attached hydrogen (secondary N) is 1. The van der Waals surface area contributed by atoms with E-state index in [0.29, 0.717) is 11.1 Å². The molecule has 94 valence electrons. The van der Waals surface area contributed by atoms with Gasteiger partial charge in [-0.25, -0.2) is 0 Å². The summed E-state index contributed by atoms with van der Waals surface area (Å²) in [7, 11) is 1.90. The Balaban J connectivity index is 2.17. The second-order valence-electron chi connectivity index (χ2n) is 4.54. The fraction of sp³-hybridized carbons (Fsp3) is 0.429. The summed E-state index contributed by atoms with van der Waals surface area (Å²) >= 11 is 0. The number of carbonyl (C=O) groups is 1. The van der Waals surface area contributed by atoms with Crippen molar-refractivity contribution in [2.75, 3.05) is 20.1 Å². The minimum atomic E-state index is 0.0323. The van der Waals surface area contributed by atoms with E-state index >= 15 is 0 Å². The number of carbonyl (C=O) groups excluding carboxylic acids is 1. The van der Waals surface area contributed by atoms with Crippen LogP contribution in [0, 0.1) is 11.3 Å². The third-order valence-electron chi connectivity index (χ3n) is 3.32. The van der Waals surface area contributed by atoms with Crippen molar-refractivity contribution < 1.29 is 4.79 Å². The van der Waals surface area contributed by atoms with Gasteiger partial charge in [-0.05, 0) is 38.1 Å². The largest absolute Gasteiger partial charge is 0.334 e. The average Bonchev–Trinajstić information content (AvgIpc) is 2.86. The third kappa shape index (κ3) is 2.52. The first kappa shape index (κ1) is 12.6. The van der Waals surface area contributed by atoms with Gasteiger partial charge in [-0.2, -0.15) is 5.26 Å². The van der Waals surface area contributed by atoms with Gasteiger partial charge in [0.05, 0.1) is 11.6 Å². The molecule has 2 rings (SSSR count). The maximum atomic E-state index is 12.4. The molecule has 0 saturated carbocycles. The number of nitriles is 1. The van der Waals surface area contributed by atoms with Crippen LogP contribution in [0.15, 0.2) is 24.3 Å². The van der Waals surface area contributed by atoms with Crippen LogP contribution in [0.1, 0.15) is 28.8 Å². The highest BCUT2D eigenvalue weighted by Gasteiger charge is 2.28. The number of rotatable bonds is 3. The van der Waals surface area contributed by atoms with E-state index in [9.17, 15) is 4.79 Å². The van der Waals surface area contributed by atoms with E-state index in [1.807, 2.05) is 11.9 Å². The Labute approximate surface area is 107 Å². The zero-order valence-corrected chi connectivity index (χ0v) is 10.5. The Morgan fingerprint density at radius 1 is 1.61 bits per heavy atom. The van der Waals surface area contributed by atoms with Crippen LogP contribution in [0.2, 0.25) is 0 Å². The summed E-state index contributed by atoms with van der Waals surface area (Å²) in [6, 6.07) is 9.25. The molecule has 0 aliphatic carbocycles. The van der Waals surface area contributed by atoms with Gasteiger partial charge in [0.1, 0.15) is 0 Å². The van der Waals surface area contributed by atoms with Crippen LogP contribution in [-0.2, 0) is 0 Å². The lowest BCUT2D eigenvalue weighted by atomic mass is 10.1. The first-order chi connectivity index (χ1) is 8.76. The van der Waals surface area contributed by atoms with E-state index < -0.39 is 0 Å². The highest BCUT2D eigenvalue weighted by atomic mass is 16.2. The summed E-state index contributed by atoms with van der Waals surface area (Å²) in [5, 5.41) is 12.0. The fourth-order valence-electron chi connectivity index (χ4n) is 2.44. The monoisotopic (exact) mass is 243 g/mol. The summed E-state index contributed by atoms with van der Waals surface area (Å²) in [5.41, 5.74) is 1.14. The lowest BCUT2D eigenvalue weighted by Crippen LogP contribution is -2.40. The zero-order valence-electron chi connectivity index (χ0n) is 10.5. The molecule has 0 spiro atoms. The lowest BCUT2D eigenvalue weighted by molar-refractivity contribution is 0.0737. The average molecular weight is 243 g/mol. The maximum Gasteiger partial charge on any atom is 0.254 e. The second kappa shape index (κ2) is 5.65. The van der Waals surface area contributed by atoms with Crippen molar-refractivity contribution in [1.82, 2.24) is 10.2 Å². The Morgan fingerprint density at radius 2 is 2.44 bits per heavy atom. The van der Waals surface area contributed by atoms with Gasteiger partial charge in [0.2, 0.25) is 0 Å². The molecule has 0 aromatic heterocycles. The predicted molar refractivity (Wildman–Crippen MR) is 69.1 cm³/mol. The summed E-state index contributed by atoms with van der Waals surface area (Å²) < 4.78 is 0. The van der Waals surface area contributed by atoms with E-state index in [2.05, 4.69) is 11.4 Å². The number of likely N-dealkylation sites (tertiary alicyclic amines) is 1. The third-order valence-corrected chi connectivity index (χ3v) is 3.32. The molecular weight excluding hydrogens is 226 g/mol. The van der Waals surface area contributed by atoms with E-state index in [4.69, 9.17) is 5.26 Å². The Bertz CT molecular complexity index is 478. The molecule has 1 aliphatic rings. The number of amides is 1. The molecule has 1 aromatic carbocycles. The number of nitrogens with zero attached hydrogens (tertiary/aromatic N) is 2. The van der Waals surface area contributed by atoms with Crippen LogP contribution in [0.3, 0.4) is 0 Å². The van der Waals surface area contributed by atoms with Gasteiger partial charge in [0.25, 0.3) is 5.91 Å². The number of benzene rings is 1. The van der Waals surface area contributed by atoms with Gasteiger partial charge in [-0.15, -0.1) is 0 Å². The van der Waals surface area contributed by atoms with Crippen LogP contribution in [0.25, 0.3) is 0 Å². The van der Waals surface area contributed by atoms with Crippen molar-refractivity contribution in [1.29, 1.82) is 5.26 Å². The van der Waals surface area contributed by atoms with Crippen molar-refractivity contribution in [3.63, 3.8) is 0 Å². The SMILES string of the molecule is CNCC1CCCN1C(=O)c1cccc(C#N)c1.